The number of hydrogen-bond acceptors (Lipinski definition) is 6. The first-order valence-corrected chi connectivity index (χ1v) is 16.5. The summed E-state index contributed by atoms with van der Waals surface area (Å²) in [4.78, 5) is 44.5. The Morgan fingerprint density at radius 2 is 1.45 bits per heavy atom. The number of carbonyl (C=O) groups excluding carboxylic acids is 3. The standard InChI is InChI=1S/C36H53N3O5/c1-4-5-6-17-24-36(2,43)25-26-38-32(22-15-7-8-16-23-33(40)44-3)34(41)39(35(38)42)29-37(27-30-18-11-9-12-19-30)28-31-20-13-10-14-21-31/h9-14,18-21,32,43H,4-8,15-17,22-29H2,1-3H3. The largest absolute Gasteiger partial charge is 0.469 e. The van der Waals surface area contributed by atoms with Gasteiger partial charge in [0, 0.05) is 26.1 Å². The second-order valence-corrected chi connectivity index (χ2v) is 12.4. The van der Waals surface area contributed by atoms with Gasteiger partial charge in [0.25, 0.3) is 5.91 Å². The lowest BCUT2D eigenvalue weighted by Gasteiger charge is -2.29. The van der Waals surface area contributed by atoms with Gasteiger partial charge in [0.05, 0.1) is 19.4 Å². The maximum Gasteiger partial charge on any atom is 0.328 e. The van der Waals surface area contributed by atoms with Gasteiger partial charge in [0.15, 0.2) is 0 Å². The van der Waals surface area contributed by atoms with Crippen LogP contribution in [-0.4, -0.2) is 69.7 Å². The molecule has 0 aliphatic carbocycles. The van der Waals surface area contributed by atoms with Crippen LogP contribution in [0.25, 0.3) is 0 Å². The molecule has 0 spiro atoms. The topological polar surface area (TPSA) is 90.4 Å². The lowest BCUT2D eigenvalue weighted by Crippen LogP contribution is -2.42. The Morgan fingerprint density at radius 1 is 0.864 bits per heavy atom. The van der Waals surface area contributed by atoms with Gasteiger partial charge in [-0.05, 0) is 43.7 Å². The second-order valence-electron chi connectivity index (χ2n) is 12.4. The van der Waals surface area contributed by atoms with Gasteiger partial charge in [-0.2, -0.15) is 0 Å². The SMILES string of the molecule is CCCCCCC(C)(O)CCN1C(=O)N(CN(Cc2ccccc2)Cc2ccccc2)C(=O)C1CCCCCCC(=O)OC. The number of imide groups is 1. The van der Waals surface area contributed by atoms with E-state index in [1.54, 1.807) is 4.90 Å². The molecular weight excluding hydrogens is 554 g/mol. The van der Waals surface area contributed by atoms with Crippen LogP contribution in [0, 0.1) is 0 Å². The number of rotatable bonds is 21. The lowest BCUT2D eigenvalue weighted by atomic mass is 9.94. The van der Waals surface area contributed by atoms with Gasteiger partial charge in [0.1, 0.15) is 6.04 Å². The molecule has 2 atom stereocenters. The van der Waals surface area contributed by atoms with E-state index in [0.29, 0.717) is 45.3 Å². The first kappa shape index (κ1) is 35.3. The number of carbonyl (C=O) groups is 3. The summed E-state index contributed by atoms with van der Waals surface area (Å²) in [6.45, 7) is 5.75. The fourth-order valence-corrected chi connectivity index (χ4v) is 5.88. The number of hydrogen-bond donors (Lipinski definition) is 1. The summed E-state index contributed by atoms with van der Waals surface area (Å²) in [5.41, 5.74) is 1.33. The second kappa shape index (κ2) is 18.5. The number of esters is 1. The van der Waals surface area contributed by atoms with E-state index < -0.39 is 11.6 Å². The van der Waals surface area contributed by atoms with E-state index in [-0.39, 0.29) is 24.6 Å². The van der Waals surface area contributed by atoms with Gasteiger partial charge >= 0.3 is 12.0 Å². The van der Waals surface area contributed by atoms with Gasteiger partial charge in [-0.3, -0.25) is 14.5 Å². The molecule has 1 aliphatic rings. The number of methoxy groups -OCH3 is 1. The molecule has 2 unspecified atom stereocenters. The number of amides is 3. The van der Waals surface area contributed by atoms with Crippen molar-refractivity contribution in [2.45, 2.75) is 116 Å². The lowest BCUT2D eigenvalue weighted by molar-refractivity contribution is -0.140. The van der Waals surface area contributed by atoms with Crippen molar-refractivity contribution in [3.05, 3.63) is 71.8 Å². The summed E-state index contributed by atoms with van der Waals surface area (Å²) in [5.74, 6) is -0.376. The molecule has 2 aromatic carbocycles. The zero-order valence-corrected chi connectivity index (χ0v) is 27.1. The fraction of sp³-hybridized carbons (Fsp3) is 0.583. The molecule has 1 heterocycles. The van der Waals surface area contributed by atoms with Crippen molar-refractivity contribution in [1.82, 2.24) is 14.7 Å². The molecule has 242 valence electrons. The number of ether oxygens (including phenoxy) is 1. The van der Waals surface area contributed by atoms with Crippen LogP contribution < -0.4 is 0 Å². The minimum Gasteiger partial charge on any atom is -0.469 e. The Bertz CT molecular complexity index is 1100. The fourth-order valence-electron chi connectivity index (χ4n) is 5.88. The summed E-state index contributed by atoms with van der Waals surface area (Å²) in [6, 6.07) is 19.4. The summed E-state index contributed by atoms with van der Waals surface area (Å²) < 4.78 is 4.73. The third kappa shape index (κ3) is 11.7. The van der Waals surface area contributed by atoms with Gasteiger partial charge < -0.3 is 14.7 Å². The number of aliphatic hydroxyl groups is 1. The maximum absolute atomic E-state index is 13.9. The Kier molecular flexibility index (Phi) is 14.9. The van der Waals surface area contributed by atoms with E-state index >= 15 is 0 Å². The third-order valence-corrected chi connectivity index (χ3v) is 8.54. The Balaban J connectivity index is 1.71. The Morgan fingerprint density at radius 3 is 2.05 bits per heavy atom. The number of nitrogens with zero attached hydrogens (tertiary/aromatic N) is 3. The highest BCUT2D eigenvalue weighted by Crippen LogP contribution is 2.27. The van der Waals surface area contributed by atoms with Gasteiger partial charge in [-0.15, -0.1) is 0 Å². The predicted octanol–water partition coefficient (Wildman–Crippen LogP) is 6.90. The molecule has 8 heteroatoms. The average molecular weight is 608 g/mol. The van der Waals surface area contributed by atoms with Crippen LogP contribution in [0.5, 0.6) is 0 Å². The molecule has 8 nitrogen and oxygen atoms in total. The zero-order chi connectivity index (χ0) is 31.8. The Hall–Kier alpha value is -3.23. The van der Waals surface area contributed by atoms with E-state index in [4.69, 9.17) is 4.74 Å². The molecule has 3 amide bonds. The van der Waals surface area contributed by atoms with Crippen molar-refractivity contribution in [2.24, 2.45) is 0 Å². The van der Waals surface area contributed by atoms with Gasteiger partial charge in [-0.25, -0.2) is 9.69 Å². The normalized spacial score (nSPS) is 16.5. The summed E-state index contributed by atoms with van der Waals surface area (Å²) in [7, 11) is 1.40. The smallest absolute Gasteiger partial charge is 0.328 e. The van der Waals surface area contributed by atoms with Crippen LogP contribution in [0.4, 0.5) is 4.79 Å². The molecule has 1 fully saturated rings. The van der Waals surface area contributed by atoms with E-state index in [1.165, 1.54) is 12.0 Å². The molecule has 2 aromatic rings. The highest BCUT2D eigenvalue weighted by Gasteiger charge is 2.45. The highest BCUT2D eigenvalue weighted by molar-refractivity contribution is 6.04. The molecule has 3 rings (SSSR count). The van der Waals surface area contributed by atoms with Crippen LogP contribution in [-0.2, 0) is 27.4 Å². The van der Waals surface area contributed by atoms with Crippen LogP contribution in [0.2, 0.25) is 0 Å². The van der Waals surface area contributed by atoms with E-state index in [9.17, 15) is 19.5 Å². The number of unbranched alkanes of at least 4 members (excludes halogenated alkanes) is 6. The van der Waals surface area contributed by atoms with Crippen LogP contribution in [0.1, 0.15) is 102 Å². The predicted molar refractivity (Wildman–Crippen MR) is 173 cm³/mol. The third-order valence-electron chi connectivity index (χ3n) is 8.54. The van der Waals surface area contributed by atoms with E-state index in [2.05, 4.69) is 36.1 Å². The van der Waals surface area contributed by atoms with Crippen molar-refractivity contribution in [1.29, 1.82) is 0 Å². The molecule has 0 radical (unpaired) electrons. The first-order chi connectivity index (χ1) is 21.2. The number of urea groups is 1. The molecule has 44 heavy (non-hydrogen) atoms. The van der Waals surface area contributed by atoms with Gasteiger partial charge in [-0.1, -0.05) is 113 Å². The van der Waals surface area contributed by atoms with Crippen molar-refractivity contribution < 1.29 is 24.2 Å². The summed E-state index contributed by atoms with van der Waals surface area (Å²) in [5, 5.41) is 11.1. The van der Waals surface area contributed by atoms with Crippen LogP contribution in [0.15, 0.2) is 60.7 Å². The van der Waals surface area contributed by atoms with Crippen LogP contribution >= 0.6 is 0 Å². The average Bonchev–Trinajstić information content (AvgIpc) is 3.24. The first-order valence-electron chi connectivity index (χ1n) is 16.5. The summed E-state index contributed by atoms with van der Waals surface area (Å²) in [6.07, 6.45) is 9.63. The maximum atomic E-state index is 13.9. The molecule has 1 N–H and O–H groups in total. The Labute approximate surface area is 264 Å². The van der Waals surface area contributed by atoms with Crippen molar-refractivity contribution in [3.8, 4) is 0 Å². The minimum absolute atomic E-state index is 0.168. The van der Waals surface area contributed by atoms with Gasteiger partial charge in [0.2, 0.25) is 0 Å². The van der Waals surface area contributed by atoms with E-state index in [0.717, 1.165) is 62.5 Å². The number of benzene rings is 2. The van der Waals surface area contributed by atoms with E-state index in [1.807, 2.05) is 43.3 Å². The van der Waals surface area contributed by atoms with Crippen molar-refractivity contribution in [3.63, 3.8) is 0 Å². The monoisotopic (exact) mass is 607 g/mol. The molecular formula is C36H53N3O5. The minimum atomic E-state index is -0.893. The van der Waals surface area contributed by atoms with Crippen molar-refractivity contribution in [2.75, 3.05) is 20.3 Å². The molecule has 0 aromatic heterocycles. The molecule has 1 saturated heterocycles. The molecule has 1 aliphatic heterocycles. The quantitative estimate of drug-likeness (QED) is 0.0943. The van der Waals surface area contributed by atoms with Crippen molar-refractivity contribution >= 4 is 17.9 Å². The summed E-state index contributed by atoms with van der Waals surface area (Å²) >= 11 is 0. The van der Waals surface area contributed by atoms with Crippen LogP contribution in [0.3, 0.4) is 0 Å². The zero-order valence-electron chi connectivity index (χ0n) is 27.1. The molecule has 0 saturated carbocycles. The molecule has 0 bridgehead atoms. The highest BCUT2D eigenvalue weighted by atomic mass is 16.5.